The SMILES string of the molecule is CCOC(=O)C1=c2cc(O)c3c(c2N(C)C1C)N=CN=3. The van der Waals surface area contributed by atoms with Gasteiger partial charge in [-0.05, 0) is 19.9 Å². The quantitative estimate of drug-likeness (QED) is 0.783. The van der Waals surface area contributed by atoms with Gasteiger partial charge in [-0.15, -0.1) is 0 Å². The lowest BCUT2D eigenvalue weighted by atomic mass is 10.1. The van der Waals surface area contributed by atoms with Gasteiger partial charge < -0.3 is 14.7 Å². The van der Waals surface area contributed by atoms with Crippen LogP contribution >= 0.6 is 0 Å². The molecule has 2 heterocycles. The molecule has 1 N–H and O–H groups in total. The molecule has 0 aliphatic carbocycles. The summed E-state index contributed by atoms with van der Waals surface area (Å²) in [6.45, 7) is 4.01. The summed E-state index contributed by atoms with van der Waals surface area (Å²) in [6, 6.07) is 1.43. The van der Waals surface area contributed by atoms with Gasteiger partial charge in [-0.2, -0.15) is 0 Å². The number of hydrogen-bond acceptors (Lipinski definition) is 6. The summed E-state index contributed by atoms with van der Waals surface area (Å²) in [5.41, 5.74) is 1.96. The molecule has 0 aromatic heterocycles. The highest BCUT2D eigenvalue weighted by atomic mass is 16.5. The van der Waals surface area contributed by atoms with Crippen LogP contribution in [0.15, 0.2) is 16.1 Å². The van der Waals surface area contributed by atoms with Crippen molar-refractivity contribution in [3.63, 3.8) is 0 Å². The first-order valence-electron chi connectivity index (χ1n) is 6.46. The molecular weight excluding hydrogens is 258 g/mol. The van der Waals surface area contributed by atoms with E-state index < -0.39 is 0 Å². The Kier molecular flexibility index (Phi) is 2.74. The number of hydrogen-bond donors (Lipinski definition) is 1. The van der Waals surface area contributed by atoms with Gasteiger partial charge in [0.25, 0.3) is 0 Å². The van der Waals surface area contributed by atoms with Gasteiger partial charge in [-0.1, -0.05) is 0 Å². The first-order chi connectivity index (χ1) is 9.56. The molecule has 0 saturated carbocycles. The third kappa shape index (κ3) is 1.54. The predicted octanol–water partition coefficient (Wildman–Crippen LogP) is 0.237. The molecule has 1 unspecified atom stereocenters. The number of fused-ring (bicyclic) bond motifs is 3. The molecule has 0 fully saturated rings. The second kappa shape index (κ2) is 4.33. The number of nitrogens with zero attached hydrogens (tertiary/aromatic N) is 3. The first kappa shape index (κ1) is 12.7. The molecule has 1 aromatic carbocycles. The van der Waals surface area contributed by atoms with Crippen molar-refractivity contribution in [1.82, 2.24) is 0 Å². The van der Waals surface area contributed by atoms with Crippen molar-refractivity contribution < 1.29 is 14.6 Å². The number of esters is 1. The number of phenols is 1. The Labute approximate surface area is 115 Å². The lowest BCUT2D eigenvalue weighted by molar-refractivity contribution is -0.136. The van der Waals surface area contributed by atoms with Gasteiger partial charge in [-0.25, -0.2) is 14.8 Å². The number of benzene rings is 1. The molecule has 0 saturated heterocycles. The first-order valence-corrected chi connectivity index (χ1v) is 6.46. The van der Waals surface area contributed by atoms with Crippen molar-refractivity contribution in [2.75, 3.05) is 18.6 Å². The van der Waals surface area contributed by atoms with Crippen molar-refractivity contribution in [1.29, 1.82) is 0 Å². The highest BCUT2D eigenvalue weighted by Crippen LogP contribution is 2.32. The molecule has 0 amide bonds. The largest absolute Gasteiger partial charge is 0.506 e. The highest BCUT2D eigenvalue weighted by molar-refractivity contribution is 6.15. The fourth-order valence-electron chi connectivity index (χ4n) is 2.69. The number of rotatable bonds is 2. The third-order valence-electron chi connectivity index (χ3n) is 3.74. The number of aliphatic imine (C=N–C) groups is 1. The Morgan fingerprint density at radius 2 is 2.30 bits per heavy atom. The van der Waals surface area contributed by atoms with Gasteiger partial charge in [-0.3, -0.25) is 0 Å². The zero-order chi connectivity index (χ0) is 14.4. The average molecular weight is 273 g/mol. The van der Waals surface area contributed by atoms with E-state index in [1.807, 2.05) is 18.9 Å². The normalized spacial score (nSPS) is 18.9. The van der Waals surface area contributed by atoms with Crippen LogP contribution in [0.1, 0.15) is 13.8 Å². The Morgan fingerprint density at radius 3 is 3.00 bits per heavy atom. The van der Waals surface area contributed by atoms with E-state index in [9.17, 15) is 9.90 Å². The molecule has 2 aliphatic rings. The topological polar surface area (TPSA) is 74.5 Å². The van der Waals surface area contributed by atoms with Crippen LogP contribution in [0.3, 0.4) is 0 Å². The summed E-state index contributed by atoms with van der Waals surface area (Å²) in [4.78, 5) is 22.3. The van der Waals surface area contributed by atoms with E-state index in [1.165, 1.54) is 6.34 Å². The van der Waals surface area contributed by atoms with Gasteiger partial charge in [0.15, 0.2) is 0 Å². The minimum Gasteiger partial charge on any atom is -0.506 e. The molecule has 0 radical (unpaired) electrons. The number of ether oxygens (including phenoxy) is 1. The summed E-state index contributed by atoms with van der Waals surface area (Å²) in [6.07, 6.45) is 1.41. The third-order valence-corrected chi connectivity index (χ3v) is 3.74. The molecule has 1 aromatic rings. The zero-order valence-corrected chi connectivity index (χ0v) is 11.5. The zero-order valence-electron chi connectivity index (χ0n) is 11.5. The second-order valence-corrected chi connectivity index (χ2v) is 4.78. The molecule has 6 heteroatoms. The lowest BCUT2D eigenvalue weighted by Gasteiger charge is -2.21. The van der Waals surface area contributed by atoms with E-state index in [1.54, 1.807) is 13.0 Å². The molecule has 0 spiro atoms. The van der Waals surface area contributed by atoms with Crippen molar-refractivity contribution in [2.24, 2.45) is 9.98 Å². The Hall–Kier alpha value is -2.37. The lowest BCUT2D eigenvalue weighted by Crippen LogP contribution is -2.28. The van der Waals surface area contributed by atoms with E-state index >= 15 is 0 Å². The summed E-state index contributed by atoms with van der Waals surface area (Å²) in [7, 11) is 1.89. The maximum absolute atomic E-state index is 12.1. The second-order valence-electron chi connectivity index (χ2n) is 4.78. The van der Waals surface area contributed by atoms with Crippen LogP contribution in [-0.4, -0.2) is 37.1 Å². The monoisotopic (exact) mass is 273 g/mol. The van der Waals surface area contributed by atoms with Crippen LogP contribution in [0.5, 0.6) is 5.75 Å². The van der Waals surface area contributed by atoms with E-state index in [-0.39, 0.29) is 17.8 Å². The van der Waals surface area contributed by atoms with Gasteiger partial charge in [0.05, 0.1) is 23.9 Å². The van der Waals surface area contributed by atoms with Crippen LogP contribution in [0.25, 0.3) is 5.57 Å². The highest BCUT2D eigenvalue weighted by Gasteiger charge is 2.33. The van der Waals surface area contributed by atoms with Crippen molar-refractivity contribution in [2.45, 2.75) is 19.9 Å². The van der Waals surface area contributed by atoms with Gasteiger partial charge >= 0.3 is 5.97 Å². The number of phenolic OH excluding ortho intramolecular Hbond substituents is 1. The smallest absolute Gasteiger partial charge is 0.336 e. The van der Waals surface area contributed by atoms with Gasteiger partial charge in [0, 0.05) is 12.3 Å². The average Bonchev–Trinajstić information content (AvgIpc) is 2.96. The fraction of sp³-hybridized carbons (Fsp3) is 0.357. The van der Waals surface area contributed by atoms with E-state index in [4.69, 9.17) is 4.74 Å². The predicted molar refractivity (Wildman–Crippen MR) is 74.9 cm³/mol. The van der Waals surface area contributed by atoms with Crippen LogP contribution in [-0.2, 0) is 9.53 Å². The van der Waals surface area contributed by atoms with Crippen LogP contribution in [0.4, 0.5) is 11.4 Å². The number of anilines is 1. The molecule has 2 aliphatic heterocycles. The number of carbonyl (C=O) groups is 1. The Morgan fingerprint density at radius 1 is 1.55 bits per heavy atom. The summed E-state index contributed by atoms with van der Waals surface area (Å²) in [5, 5.41) is 11.2. The maximum Gasteiger partial charge on any atom is 0.336 e. The van der Waals surface area contributed by atoms with E-state index in [0.717, 1.165) is 5.69 Å². The van der Waals surface area contributed by atoms with Crippen molar-refractivity contribution in [3.05, 3.63) is 16.6 Å². The molecular formula is C14H15N3O3. The molecule has 6 nitrogen and oxygen atoms in total. The van der Waals surface area contributed by atoms with Crippen molar-refractivity contribution in [3.8, 4) is 5.75 Å². The minimum atomic E-state index is -0.358. The molecule has 3 rings (SSSR count). The summed E-state index contributed by atoms with van der Waals surface area (Å²) < 4.78 is 5.11. The van der Waals surface area contributed by atoms with Crippen LogP contribution < -0.4 is 15.5 Å². The van der Waals surface area contributed by atoms with Gasteiger partial charge in [0.1, 0.15) is 23.1 Å². The Balaban J connectivity index is 2.34. The van der Waals surface area contributed by atoms with Crippen LogP contribution in [0, 0.1) is 0 Å². The van der Waals surface area contributed by atoms with Gasteiger partial charge in [0.2, 0.25) is 0 Å². The Bertz CT molecular complexity index is 752. The standard InChI is InChI=1S/C14H15N3O3/c1-4-20-14(19)10-7(2)17(3)13-8(10)5-9(18)11-12(13)16-6-15-11/h5-7,18H,4H2,1-3H3. The number of carbonyl (C=O) groups excluding carboxylic acids is 1. The minimum absolute atomic E-state index is 0.0283. The summed E-state index contributed by atoms with van der Waals surface area (Å²) >= 11 is 0. The molecule has 20 heavy (non-hydrogen) atoms. The van der Waals surface area contributed by atoms with Crippen molar-refractivity contribution >= 4 is 29.3 Å². The summed E-state index contributed by atoms with van der Waals surface area (Å²) in [5.74, 6) is -0.329. The number of aromatic hydroxyl groups is 1. The van der Waals surface area contributed by atoms with Crippen LogP contribution in [0.2, 0.25) is 0 Å². The fourth-order valence-corrected chi connectivity index (χ4v) is 2.69. The van der Waals surface area contributed by atoms with E-state index in [2.05, 4.69) is 9.98 Å². The molecule has 104 valence electrons. The maximum atomic E-state index is 12.1. The molecule has 1 atom stereocenters. The van der Waals surface area contributed by atoms with E-state index in [0.29, 0.717) is 28.4 Å². The molecule has 0 bridgehead atoms.